The van der Waals surface area contributed by atoms with Gasteiger partial charge in [0.15, 0.2) is 5.71 Å². The van der Waals surface area contributed by atoms with E-state index in [4.69, 9.17) is 10.9 Å². The second-order valence-corrected chi connectivity index (χ2v) is 1.69. The molecule has 0 spiro atoms. The van der Waals surface area contributed by atoms with Crippen LogP contribution in [0.5, 0.6) is 0 Å². The summed E-state index contributed by atoms with van der Waals surface area (Å²) in [5.41, 5.74) is 4.14. The summed E-state index contributed by atoms with van der Waals surface area (Å²) in [6.07, 6.45) is 0. The van der Waals surface area contributed by atoms with Crippen LogP contribution >= 0.6 is 0 Å². The summed E-state index contributed by atoms with van der Waals surface area (Å²) in [7, 11) is 0. The van der Waals surface area contributed by atoms with E-state index in [9.17, 15) is 9.90 Å². The molecule has 0 aromatic carbocycles. The molecule has 1 aromatic rings. The first-order valence-electron chi connectivity index (χ1n) is 2.68. The number of aromatic nitrogens is 2. The summed E-state index contributed by atoms with van der Waals surface area (Å²) in [6, 6.07) is -0.326. The predicted molar refractivity (Wildman–Crippen MR) is 32.0 cm³/mol. The van der Waals surface area contributed by atoms with Gasteiger partial charge in [-0.15, -0.1) is 0 Å². The van der Waals surface area contributed by atoms with Gasteiger partial charge in [0.2, 0.25) is 5.82 Å². The molecule has 0 aliphatic carbocycles. The average molecular weight is 194 g/mol. The number of hydrogen-bond acceptors (Lipinski definition) is 8. The normalized spacial score (nSPS) is 10.6. The van der Waals surface area contributed by atoms with Crippen molar-refractivity contribution in [3.8, 4) is 0 Å². The zero-order valence-electron chi connectivity index (χ0n) is 6.59. The molecule has 1 rings (SSSR count). The molecule has 8 nitrogen and oxygen atoms in total. The Morgan fingerprint density at radius 2 is 2.31 bits per heavy atom. The SMILES string of the molecule is Nc1nc(/C(=N/O)C(=O)[O-])no1.[Na+]. The Hall–Kier alpha value is -1.12. The van der Waals surface area contributed by atoms with Crippen LogP contribution in [0.1, 0.15) is 5.82 Å². The fourth-order valence-electron chi connectivity index (χ4n) is 0.508. The van der Waals surface area contributed by atoms with Gasteiger partial charge >= 0.3 is 35.6 Å². The summed E-state index contributed by atoms with van der Waals surface area (Å²) < 4.78 is 4.23. The fraction of sp³-hybridized carbons (Fsp3) is 0. The van der Waals surface area contributed by atoms with E-state index < -0.39 is 17.5 Å². The quantitative estimate of drug-likeness (QED) is 0.207. The first-order chi connectivity index (χ1) is 5.65. The standard InChI is InChI=1S/C4H4N4O4.Na/c5-4-6-2(8-12-4)1(7-11)3(9)10;/h11H,(H,9,10)(H2,5,6,8);/q;+1/p-1/b7-1-;. The van der Waals surface area contributed by atoms with E-state index in [1.54, 1.807) is 0 Å². The Morgan fingerprint density at radius 3 is 2.62 bits per heavy atom. The van der Waals surface area contributed by atoms with Crippen LogP contribution in [0.4, 0.5) is 6.01 Å². The number of carboxylic acid groups (broad SMARTS) is 1. The van der Waals surface area contributed by atoms with Gasteiger partial charge < -0.3 is 25.4 Å². The number of carboxylic acids is 1. The maximum atomic E-state index is 10.2. The van der Waals surface area contributed by atoms with Crippen LogP contribution < -0.4 is 40.4 Å². The van der Waals surface area contributed by atoms with Gasteiger partial charge in [0.05, 0.1) is 5.97 Å². The second kappa shape index (κ2) is 4.80. The number of nitrogens with zero attached hydrogens (tertiary/aromatic N) is 3. The molecule has 0 aliphatic heterocycles. The predicted octanol–water partition coefficient (Wildman–Crippen LogP) is -5.42. The summed E-state index contributed by atoms with van der Waals surface area (Å²) in [5, 5.41) is 23.8. The van der Waals surface area contributed by atoms with E-state index in [0.29, 0.717) is 0 Å². The molecule has 0 unspecified atom stereocenters. The van der Waals surface area contributed by atoms with Gasteiger partial charge in [-0.05, 0) is 0 Å². The minimum atomic E-state index is -1.72. The molecule has 3 N–H and O–H groups in total. The van der Waals surface area contributed by atoms with E-state index in [1.165, 1.54) is 0 Å². The van der Waals surface area contributed by atoms with Crippen molar-refractivity contribution in [1.29, 1.82) is 0 Å². The van der Waals surface area contributed by atoms with Gasteiger partial charge in [-0.25, -0.2) is 0 Å². The van der Waals surface area contributed by atoms with Crippen molar-refractivity contribution >= 4 is 17.7 Å². The monoisotopic (exact) mass is 194 g/mol. The molecule has 0 bridgehead atoms. The minimum absolute atomic E-state index is 0. The third-order valence-electron chi connectivity index (χ3n) is 0.947. The first kappa shape index (κ1) is 11.9. The molecule has 0 amide bonds. The van der Waals surface area contributed by atoms with Crippen molar-refractivity contribution in [2.24, 2.45) is 5.16 Å². The van der Waals surface area contributed by atoms with Crippen LogP contribution in [-0.2, 0) is 4.79 Å². The van der Waals surface area contributed by atoms with Crippen molar-refractivity contribution in [1.82, 2.24) is 10.1 Å². The molecule has 9 heteroatoms. The Morgan fingerprint density at radius 1 is 1.69 bits per heavy atom. The average Bonchev–Trinajstić information content (AvgIpc) is 2.37. The van der Waals surface area contributed by atoms with Crippen LogP contribution in [0.2, 0.25) is 0 Å². The van der Waals surface area contributed by atoms with Gasteiger partial charge in [0.1, 0.15) is 0 Å². The smallest absolute Gasteiger partial charge is 0.543 e. The Bertz CT molecular complexity index is 335. The number of aliphatic carboxylic acids is 1. The topological polar surface area (TPSA) is 138 Å². The summed E-state index contributed by atoms with van der Waals surface area (Å²) in [5.74, 6) is -2.16. The number of oxime groups is 1. The van der Waals surface area contributed by atoms with Crippen molar-refractivity contribution < 1.29 is 49.2 Å². The number of carbonyl (C=O) groups is 1. The van der Waals surface area contributed by atoms with Gasteiger partial charge in [0, 0.05) is 0 Å². The number of carbonyl (C=O) groups excluding carboxylic acids is 1. The van der Waals surface area contributed by atoms with Crippen molar-refractivity contribution in [2.75, 3.05) is 5.73 Å². The zero-order valence-corrected chi connectivity index (χ0v) is 8.59. The van der Waals surface area contributed by atoms with Gasteiger partial charge in [-0.3, -0.25) is 0 Å². The summed E-state index contributed by atoms with van der Waals surface area (Å²) in [6.45, 7) is 0. The molecular formula is C4H3N4NaO4. The summed E-state index contributed by atoms with van der Waals surface area (Å²) >= 11 is 0. The number of rotatable bonds is 2. The first-order valence-corrected chi connectivity index (χ1v) is 2.68. The molecule has 0 atom stereocenters. The van der Waals surface area contributed by atoms with Crippen LogP contribution in [0.3, 0.4) is 0 Å². The molecule has 0 saturated carbocycles. The number of hydrogen-bond donors (Lipinski definition) is 2. The van der Waals surface area contributed by atoms with Crippen LogP contribution in [0, 0.1) is 0 Å². The third kappa shape index (κ3) is 2.68. The second-order valence-electron chi connectivity index (χ2n) is 1.69. The largest absolute Gasteiger partial charge is 1.00 e. The van der Waals surface area contributed by atoms with E-state index in [1.807, 2.05) is 0 Å². The molecule has 64 valence electrons. The fourth-order valence-corrected chi connectivity index (χ4v) is 0.508. The van der Waals surface area contributed by atoms with Crippen LogP contribution in [-0.4, -0.2) is 27.0 Å². The van der Waals surface area contributed by atoms with Gasteiger partial charge in [-0.2, -0.15) is 4.98 Å². The molecule has 1 heterocycles. The van der Waals surface area contributed by atoms with Crippen LogP contribution in [0.15, 0.2) is 9.68 Å². The molecule has 0 radical (unpaired) electrons. The van der Waals surface area contributed by atoms with E-state index in [2.05, 4.69) is 19.8 Å². The molecular weight excluding hydrogens is 191 g/mol. The van der Waals surface area contributed by atoms with E-state index in [0.717, 1.165) is 0 Å². The Labute approximate surface area is 93.7 Å². The molecule has 0 fully saturated rings. The van der Waals surface area contributed by atoms with E-state index in [-0.39, 0.29) is 35.6 Å². The molecule has 1 aromatic heterocycles. The number of nitrogens with two attached hydrogens (primary N) is 1. The Kier molecular flexibility index (Phi) is 4.38. The van der Waals surface area contributed by atoms with Gasteiger partial charge in [-0.1, -0.05) is 10.3 Å². The Balaban J connectivity index is 0.00000144. The summed E-state index contributed by atoms with van der Waals surface area (Å²) in [4.78, 5) is 13.5. The van der Waals surface area contributed by atoms with Crippen molar-refractivity contribution in [3.05, 3.63) is 5.82 Å². The van der Waals surface area contributed by atoms with Gasteiger partial charge in [0.25, 0.3) is 0 Å². The number of nitrogen functional groups attached to an aromatic ring is 1. The molecule has 0 aliphatic rings. The van der Waals surface area contributed by atoms with Crippen molar-refractivity contribution in [3.63, 3.8) is 0 Å². The number of anilines is 1. The van der Waals surface area contributed by atoms with Crippen LogP contribution in [0.25, 0.3) is 0 Å². The van der Waals surface area contributed by atoms with Crippen molar-refractivity contribution in [2.45, 2.75) is 0 Å². The molecule has 0 saturated heterocycles. The third-order valence-corrected chi connectivity index (χ3v) is 0.947. The minimum Gasteiger partial charge on any atom is -0.543 e. The van der Waals surface area contributed by atoms with E-state index >= 15 is 0 Å². The zero-order chi connectivity index (χ0) is 9.14. The maximum absolute atomic E-state index is 10.2. The molecule has 13 heavy (non-hydrogen) atoms. The maximum Gasteiger partial charge on any atom is 1.00 e.